The molecule has 0 aliphatic heterocycles. The summed E-state index contributed by atoms with van der Waals surface area (Å²) in [6, 6.07) is 7.18. The lowest BCUT2D eigenvalue weighted by Gasteiger charge is -2.24. The number of carbonyl (C=O) groups is 1. The molecule has 0 aliphatic rings. The molecule has 6 heteroatoms. The minimum Gasteiger partial charge on any atom is -0.493 e. The summed E-state index contributed by atoms with van der Waals surface area (Å²) in [5, 5.41) is 12.7. The number of β-amino-alcohol motifs (C(OH)–C–C–N with tert-alkyl or cyclic N) is 1. The number of nitrogens with one attached hydrogen (secondary N) is 1. The molecule has 0 fully saturated rings. The van der Waals surface area contributed by atoms with Crippen LogP contribution in [0.4, 0.5) is 0 Å². The molecule has 4 N–H and O–H groups in total. The highest BCUT2D eigenvalue weighted by Gasteiger charge is 2.24. The van der Waals surface area contributed by atoms with Crippen molar-refractivity contribution in [3.63, 3.8) is 0 Å². The van der Waals surface area contributed by atoms with Gasteiger partial charge in [0.05, 0.1) is 12.6 Å². The fourth-order valence-corrected chi connectivity index (χ4v) is 1.44. The van der Waals surface area contributed by atoms with Crippen LogP contribution in [-0.2, 0) is 4.79 Å². The molecule has 0 bridgehead atoms. The van der Waals surface area contributed by atoms with Crippen LogP contribution in [0.3, 0.4) is 0 Å². The Balaban J connectivity index is 2.44. The van der Waals surface area contributed by atoms with Crippen molar-refractivity contribution in [3.05, 3.63) is 24.3 Å². The number of amides is 1. The maximum Gasteiger partial charge on any atom is 0.237 e. The Morgan fingerprint density at radius 1 is 1.40 bits per heavy atom. The van der Waals surface area contributed by atoms with Gasteiger partial charge in [0.15, 0.2) is 11.5 Å². The third-order valence-corrected chi connectivity index (χ3v) is 2.90. The second-order valence-corrected chi connectivity index (χ2v) is 4.99. The molecular formula is C14H22N2O4. The van der Waals surface area contributed by atoms with Crippen LogP contribution < -0.4 is 20.5 Å². The van der Waals surface area contributed by atoms with Crippen molar-refractivity contribution >= 4 is 5.91 Å². The highest BCUT2D eigenvalue weighted by molar-refractivity contribution is 5.83. The standard InChI is InChI=1S/C14H22N2O4/c1-14(2,13(15)18)16-8-10(17)9-20-12-7-5-4-6-11(12)19-3/h4-7,10,16-17H,8-9H2,1-3H3,(H2,15,18). The first-order valence-corrected chi connectivity index (χ1v) is 6.35. The van der Waals surface area contributed by atoms with Crippen molar-refractivity contribution in [1.82, 2.24) is 5.32 Å². The summed E-state index contributed by atoms with van der Waals surface area (Å²) in [5.74, 6) is 0.684. The summed E-state index contributed by atoms with van der Waals surface area (Å²) in [6.45, 7) is 3.60. The summed E-state index contributed by atoms with van der Waals surface area (Å²) in [7, 11) is 1.55. The maximum atomic E-state index is 11.1. The minimum absolute atomic E-state index is 0.0855. The number of aliphatic hydroxyl groups excluding tert-OH is 1. The fraction of sp³-hybridized carbons (Fsp3) is 0.500. The van der Waals surface area contributed by atoms with Gasteiger partial charge in [-0.15, -0.1) is 0 Å². The molecular weight excluding hydrogens is 260 g/mol. The normalized spacial score (nSPS) is 12.8. The van der Waals surface area contributed by atoms with E-state index in [-0.39, 0.29) is 13.2 Å². The van der Waals surface area contributed by atoms with E-state index in [2.05, 4.69) is 5.32 Å². The van der Waals surface area contributed by atoms with Gasteiger partial charge < -0.3 is 25.6 Å². The van der Waals surface area contributed by atoms with E-state index in [4.69, 9.17) is 15.2 Å². The molecule has 1 atom stereocenters. The Labute approximate surface area is 118 Å². The van der Waals surface area contributed by atoms with Gasteiger partial charge in [-0.25, -0.2) is 0 Å². The number of rotatable bonds is 8. The molecule has 112 valence electrons. The first-order valence-electron chi connectivity index (χ1n) is 6.35. The maximum absolute atomic E-state index is 11.1. The third kappa shape index (κ3) is 4.71. The lowest BCUT2D eigenvalue weighted by Crippen LogP contribution is -2.53. The molecule has 0 aliphatic carbocycles. The molecule has 0 aromatic heterocycles. The van der Waals surface area contributed by atoms with Crippen molar-refractivity contribution in [2.45, 2.75) is 25.5 Å². The number of hydrogen-bond acceptors (Lipinski definition) is 5. The van der Waals surface area contributed by atoms with Crippen LogP contribution in [0.25, 0.3) is 0 Å². The molecule has 1 amide bonds. The van der Waals surface area contributed by atoms with E-state index in [1.54, 1.807) is 33.1 Å². The SMILES string of the molecule is COc1ccccc1OCC(O)CNC(C)(C)C(N)=O. The van der Waals surface area contributed by atoms with Gasteiger partial charge in [0.2, 0.25) is 5.91 Å². The predicted molar refractivity (Wildman–Crippen MR) is 75.8 cm³/mol. The van der Waals surface area contributed by atoms with E-state index < -0.39 is 17.6 Å². The summed E-state index contributed by atoms with van der Waals surface area (Å²) in [5.41, 5.74) is 4.36. The zero-order valence-electron chi connectivity index (χ0n) is 12.1. The highest BCUT2D eigenvalue weighted by atomic mass is 16.5. The van der Waals surface area contributed by atoms with Crippen LogP contribution in [0, 0.1) is 0 Å². The van der Waals surface area contributed by atoms with E-state index in [1.807, 2.05) is 12.1 Å². The van der Waals surface area contributed by atoms with Gasteiger partial charge in [0, 0.05) is 6.54 Å². The molecule has 6 nitrogen and oxygen atoms in total. The summed E-state index contributed by atoms with van der Waals surface area (Å²) < 4.78 is 10.6. The number of hydrogen-bond donors (Lipinski definition) is 3. The summed E-state index contributed by atoms with van der Waals surface area (Å²) in [4.78, 5) is 11.1. The number of primary amides is 1. The van der Waals surface area contributed by atoms with Crippen molar-refractivity contribution in [3.8, 4) is 11.5 Å². The first kappa shape index (κ1) is 16.3. The van der Waals surface area contributed by atoms with Crippen LogP contribution >= 0.6 is 0 Å². The van der Waals surface area contributed by atoms with Gasteiger partial charge in [-0.3, -0.25) is 4.79 Å². The highest BCUT2D eigenvalue weighted by Crippen LogP contribution is 2.25. The topological polar surface area (TPSA) is 93.8 Å². The lowest BCUT2D eigenvalue weighted by atomic mass is 10.1. The Morgan fingerprint density at radius 2 is 2.00 bits per heavy atom. The zero-order chi connectivity index (χ0) is 15.2. The molecule has 1 rings (SSSR count). The molecule has 0 radical (unpaired) electrons. The average molecular weight is 282 g/mol. The van der Waals surface area contributed by atoms with Crippen molar-refractivity contribution in [1.29, 1.82) is 0 Å². The van der Waals surface area contributed by atoms with Crippen LogP contribution in [-0.4, -0.2) is 42.9 Å². The molecule has 0 spiro atoms. The quantitative estimate of drug-likeness (QED) is 0.637. The average Bonchev–Trinajstić information content (AvgIpc) is 2.43. The van der Waals surface area contributed by atoms with Gasteiger partial charge in [0.25, 0.3) is 0 Å². The first-order chi connectivity index (χ1) is 9.36. The van der Waals surface area contributed by atoms with Crippen LogP contribution in [0.2, 0.25) is 0 Å². The van der Waals surface area contributed by atoms with E-state index in [0.29, 0.717) is 11.5 Å². The molecule has 0 heterocycles. The fourth-order valence-electron chi connectivity index (χ4n) is 1.44. The van der Waals surface area contributed by atoms with Crippen LogP contribution in [0.15, 0.2) is 24.3 Å². The molecule has 1 aromatic carbocycles. The van der Waals surface area contributed by atoms with Crippen molar-refractivity contribution < 1.29 is 19.4 Å². The zero-order valence-corrected chi connectivity index (χ0v) is 12.1. The van der Waals surface area contributed by atoms with Crippen molar-refractivity contribution in [2.24, 2.45) is 5.73 Å². The molecule has 1 aromatic rings. The van der Waals surface area contributed by atoms with Crippen LogP contribution in [0.1, 0.15) is 13.8 Å². The Hall–Kier alpha value is -1.79. The third-order valence-electron chi connectivity index (χ3n) is 2.90. The monoisotopic (exact) mass is 282 g/mol. The second kappa shape index (κ2) is 7.12. The molecule has 0 saturated carbocycles. The number of benzene rings is 1. The van der Waals surface area contributed by atoms with E-state index >= 15 is 0 Å². The number of carbonyl (C=O) groups excluding carboxylic acids is 1. The van der Waals surface area contributed by atoms with Gasteiger partial charge >= 0.3 is 0 Å². The van der Waals surface area contributed by atoms with Gasteiger partial charge in [-0.05, 0) is 26.0 Å². The van der Waals surface area contributed by atoms with Crippen LogP contribution in [0.5, 0.6) is 11.5 Å². The summed E-state index contributed by atoms with van der Waals surface area (Å²) in [6.07, 6.45) is -0.765. The largest absolute Gasteiger partial charge is 0.493 e. The number of ether oxygens (including phenoxy) is 2. The van der Waals surface area contributed by atoms with Gasteiger partial charge in [-0.2, -0.15) is 0 Å². The minimum atomic E-state index is -0.870. The number of methoxy groups -OCH3 is 1. The number of para-hydroxylation sites is 2. The number of nitrogens with two attached hydrogens (primary N) is 1. The Bertz CT molecular complexity index is 449. The molecule has 0 saturated heterocycles. The number of aliphatic hydroxyl groups is 1. The lowest BCUT2D eigenvalue weighted by molar-refractivity contribution is -0.123. The summed E-state index contributed by atoms with van der Waals surface area (Å²) >= 11 is 0. The van der Waals surface area contributed by atoms with Gasteiger partial charge in [-0.1, -0.05) is 12.1 Å². The smallest absolute Gasteiger partial charge is 0.237 e. The molecule has 1 unspecified atom stereocenters. The van der Waals surface area contributed by atoms with E-state index in [9.17, 15) is 9.90 Å². The second-order valence-electron chi connectivity index (χ2n) is 4.99. The Morgan fingerprint density at radius 3 is 2.55 bits per heavy atom. The van der Waals surface area contributed by atoms with E-state index in [0.717, 1.165) is 0 Å². The predicted octanol–water partition coefficient (Wildman–Crippen LogP) is 0.288. The van der Waals surface area contributed by atoms with Crippen molar-refractivity contribution in [2.75, 3.05) is 20.3 Å². The molecule has 20 heavy (non-hydrogen) atoms. The Kier molecular flexibility index (Phi) is 5.79. The van der Waals surface area contributed by atoms with E-state index in [1.165, 1.54) is 0 Å². The van der Waals surface area contributed by atoms with Gasteiger partial charge in [0.1, 0.15) is 12.7 Å².